The molecule has 154 valence electrons. The van der Waals surface area contributed by atoms with Crippen molar-refractivity contribution in [3.8, 4) is 0 Å². The Morgan fingerprint density at radius 3 is 2.68 bits per heavy atom. The van der Waals surface area contributed by atoms with Crippen molar-refractivity contribution in [3.63, 3.8) is 0 Å². The molecule has 0 radical (unpaired) electrons. The van der Waals surface area contributed by atoms with Crippen LogP contribution in [0.25, 0.3) is 6.08 Å². The van der Waals surface area contributed by atoms with Gasteiger partial charge in [-0.05, 0) is 39.0 Å². The van der Waals surface area contributed by atoms with Gasteiger partial charge in [0.05, 0.1) is 17.9 Å². The van der Waals surface area contributed by atoms with Crippen molar-refractivity contribution in [2.24, 2.45) is 0 Å². The predicted octanol–water partition coefficient (Wildman–Crippen LogP) is 1.45. The Kier molecular flexibility index (Phi) is 5.09. The summed E-state index contributed by atoms with van der Waals surface area (Å²) in [5.74, 6) is 1.43. The molecule has 0 unspecified atom stereocenters. The van der Waals surface area contributed by atoms with Gasteiger partial charge in [-0.2, -0.15) is 4.98 Å². The number of sulfonamides is 1. The Morgan fingerprint density at radius 1 is 1.29 bits per heavy atom. The molecule has 1 saturated carbocycles. The summed E-state index contributed by atoms with van der Waals surface area (Å²) < 4.78 is 24.9. The highest BCUT2D eigenvalue weighted by atomic mass is 32.2. The molecule has 1 aliphatic carbocycles. The van der Waals surface area contributed by atoms with Crippen molar-refractivity contribution in [2.75, 3.05) is 36.1 Å². The van der Waals surface area contributed by atoms with Crippen LogP contribution in [0.1, 0.15) is 44.6 Å². The third kappa shape index (κ3) is 3.88. The zero-order chi connectivity index (χ0) is 19.9. The Balaban J connectivity index is 1.49. The monoisotopic (exact) mass is 407 g/mol. The number of fused-ring (bicyclic) bond motifs is 1. The van der Waals surface area contributed by atoms with Gasteiger partial charge in [-0.1, -0.05) is 12.2 Å². The summed E-state index contributed by atoms with van der Waals surface area (Å²) in [7, 11) is -3.13. The van der Waals surface area contributed by atoms with Gasteiger partial charge < -0.3 is 15.3 Å². The molecule has 2 atom stereocenters. The fourth-order valence-corrected chi connectivity index (χ4v) is 5.46. The number of nitrogens with zero attached hydrogens (tertiary/aromatic N) is 4. The first-order valence-corrected chi connectivity index (χ1v) is 11.8. The normalized spacial score (nSPS) is 29.1. The molecule has 1 aromatic rings. The highest BCUT2D eigenvalue weighted by molar-refractivity contribution is 7.88. The molecule has 1 saturated heterocycles. The van der Waals surface area contributed by atoms with E-state index in [1.807, 2.05) is 19.2 Å². The largest absolute Gasteiger partial charge is 0.388 e. The molecular formula is C19H29N5O3S. The Morgan fingerprint density at radius 2 is 2.04 bits per heavy atom. The van der Waals surface area contributed by atoms with Gasteiger partial charge in [-0.15, -0.1) is 0 Å². The lowest BCUT2D eigenvalue weighted by Crippen LogP contribution is -2.49. The van der Waals surface area contributed by atoms with Crippen LogP contribution in [0.3, 0.4) is 0 Å². The lowest BCUT2D eigenvalue weighted by Gasteiger charge is -2.39. The van der Waals surface area contributed by atoms with E-state index in [0.29, 0.717) is 19.0 Å². The number of anilines is 2. The quantitative estimate of drug-likeness (QED) is 0.779. The predicted molar refractivity (Wildman–Crippen MR) is 110 cm³/mol. The zero-order valence-corrected chi connectivity index (χ0v) is 17.3. The maximum atomic E-state index is 11.7. The topological polar surface area (TPSA) is 98.7 Å². The highest BCUT2D eigenvalue weighted by Crippen LogP contribution is 2.38. The van der Waals surface area contributed by atoms with Crippen molar-refractivity contribution in [1.29, 1.82) is 0 Å². The fourth-order valence-electron chi connectivity index (χ4n) is 4.59. The number of hydrogen-bond acceptors (Lipinski definition) is 7. The number of piperidine rings is 1. The zero-order valence-electron chi connectivity index (χ0n) is 16.5. The molecule has 0 spiro atoms. The van der Waals surface area contributed by atoms with Crippen LogP contribution in [0.4, 0.5) is 11.8 Å². The molecule has 4 rings (SSSR count). The van der Waals surface area contributed by atoms with Crippen molar-refractivity contribution in [2.45, 2.75) is 56.7 Å². The minimum Gasteiger partial charge on any atom is -0.388 e. The number of rotatable bonds is 4. The number of hydrogen-bond donors (Lipinski definition) is 2. The smallest absolute Gasteiger partial charge is 0.224 e. The van der Waals surface area contributed by atoms with Crippen molar-refractivity contribution < 1.29 is 13.5 Å². The van der Waals surface area contributed by atoms with Crippen molar-refractivity contribution >= 4 is 27.9 Å². The fraction of sp³-hybridized carbons (Fsp3) is 0.684. The van der Waals surface area contributed by atoms with Gasteiger partial charge in [0.25, 0.3) is 0 Å². The first kappa shape index (κ1) is 19.6. The molecule has 1 aromatic heterocycles. The van der Waals surface area contributed by atoms with Gasteiger partial charge in [0.2, 0.25) is 16.0 Å². The number of aliphatic hydroxyl groups is 1. The van der Waals surface area contributed by atoms with Gasteiger partial charge in [0.15, 0.2) is 0 Å². The van der Waals surface area contributed by atoms with Gasteiger partial charge in [-0.3, -0.25) is 0 Å². The van der Waals surface area contributed by atoms with E-state index in [0.717, 1.165) is 50.0 Å². The molecule has 0 aromatic carbocycles. The maximum Gasteiger partial charge on any atom is 0.224 e. The summed E-state index contributed by atoms with van der Waals surface area (Å²) in [5.41, 5.74) is 0.255. The summed E-state index contributed by atoms with van der Waals surface area (Å²) in [6.07, 6.45) is 11.4. The molecule has 2 N–H and O–H groups in total. The van der Waals surface area contributed by atoms with Crippen LogP contribution in [-0.4, -0.2) is 71.4 Å². The van der Waals surface area contributed by atoms with E-state index in [2.05, 4.69) is 21.3 Å². The lowest BCUT2D eigenvalue weighted by molar-refractivity contribution is 0.0492. The van der Waals surface area contributed by atoms with E-state index in [1.165, 1.54) is 10.6 Å². The van der Waals surface area contributed by atoms with Crippen LogP contribution in [0.2, 0.25) is 0 Å². The first-order valence-electron chi connectivity index (χ1n) is 9.98. The Bertz CT molecular complexity index is 862. The van der Waals surface area contributed by atoms with Crippen LogP contribution in [-0.2, 0) is 10.0 Å². The third-order valence-electron chi connectivity index (χ3n) is 6.18. The van der Waals surface area contributed by atoms with Gasteiger partial charge >= 0.3 is 0 Å². The molecular weight excluding hydrogens is 378 g/mol. The summed E-state index contributed by atoms with van der Waals surface area (Å²) >= 11 is 0. The second kappa shape index (κ2) is 7.27. The summed E-state index contributed by atoms with van der Waals surface area (Å²) in [5, 5.41) is 14.2. The van der Waals surface area contributed by atoms with E-state index >= 15 is 0 Å². The van der Waals surface area contributed by atoms with E-state index < -0.39 is 15.6 Å². The minimum atomic E-state index is -3.13. The van der Waals surface area contributed by atoms with Gasteiger partial charge in [-0.25, -0.2) is 17.7 Å². The minimum absolute atomic E-state index is 0.0527. The number of aromatic nitrogens is 2. The van der Waals surface area contributed by atoms with E-state index in [4.69, 9.17) is 4.98 Å². The van der Waals surface area contributed by atoms with Crippen LogP contribution in [0, 0.1) is 0 Å². The van der Waals surface area contributed by atoms with Crippen molar-refractivity contribution in [3.05, 3.63) is 17.8 Å². The molecule has 3 aliphatic rings. The molecule has 9 heteroatoms. The lowest BCUT2D eigenvalue weighted by atomic mass is 9.97. The summed E-state index contributed by atoms with van der Waals surface area (Å²) in [6.45, 7) is 3.68. The van der Waals surface area contributed by atoms with Crippen LogP contribution in [0.15, 0.2) is 12.3 Å². The maximum absolute atomic E-state index is 11.7. The first-order chi connectivity index (χ1) is 13.2. The summed E-state index contributed by atoms with van der Waals surface area (Å²) in [6, 6.07) is 0.204. The molecule has 2 aliphatic heterocycles. The number of nitrogens with one attached hydrogen (secondary N) is 1. The molecule has 2 fully saturated rings. The molecule has 28 heavy (non-hydrogen) atoms. The summed E-state index contributed by atoms with van der Waals surface area (Å²) in [4.78, 5) is 11.4. The van der Waals surface area contributed by atoms with Crippen LogP contribution in [0.5, 0.6) is 0 Å². The Labute approximate surface area is 166 Å². The standard InChI is InChI=1S/C19H29N5O3S/c1-19(25)9-3-6-16(19)24-10-4-5-14-13-20-18(22-17(14)24)21-15-7-11-23(12-8-15)28(2,26)27/h4-5,13,15-16,25H,3,6-12H2,1-2H3,(H,20,21,22)/t16-,19-/m1/s1. The molecule has 8 nitrogen and oxygen atoms in total. The highest BCUT2D eigenvalue weighted by Gasteiger charge is 2.42. The second-order valence-electron chi connectivity index (χ2n) is 8.37. The molecule has 3 heterocycles. The molecule has 0 bridgehead atoms. The van der Waals surface area contributed by atoms with E-state index in [1.54, 1.807) is 0 Å². The van der Waals surface area contributed by atoms with Crippen LogP contribution >= 0.6 is 0 Å². The third-order valence-corrected chi connectivity index (χ3v) is 7.48. The molecule has 0 amide bonds. The van der Waals surface area contributed by atoms with E-state index in [9.17, 15) is 13.5 Å². The average Bonchev–Trinajstić information content (AvgIpc) is 3.00. The SMILES string of the molecule is C[C@@]1(O)CCC[C@H]1N1CC=Cc2cnc(NC3CCN(S(C)(=O)=O)CC3)nc21. The van der Waals surface area contributed by atoms with Crippen molar-refractivity contribution in [1.82, 2.24) is 14.3 Å². The second-order valence-corrected chi connectivity index (χ2v) is 10.4. The van der Waals surface area contributed by atoms with E-state index in [-0.39, 0.29) is 12.1 Å². The van der Waals surface area contributed by atoms with Gasteiger partial charge in [0, 0.05) is 37.4 Å². The van der Waals surface area contributed by atoms with Gasteiger partial charge in [0.1, 0.15) is 5.82 Å². The average molecular weight is 408 g/mol. The van der Waals surface area contributed by atoms with Crippen LogP contribution < -0.4 is 10.2 Å². The Hall–Kier alpha value is -1.71.